The van der Waals surface area contributed by atoms with Crippen molar-refractivity contribution in [1.82, 2.24) is 24.5 Å². The molecule has 11 heteroatoms. The SMILES string of the molecule is Cc1nc2c(F)cc(-c3nc(Nc4ccc(N5CCCC(F)(F)C5)cn4)ncc3F)cc2n1C(C)C. The van der Waals surface area contributed by atoms with Crippen LogP contribution in [0.15, 0.2) is 36.7 Å². The largest absolute Gasteiger partial charge is 0.364 e. The number of fused-ring (bicyclic) bond motifs is 1. The monoisotopic (exact) mass is 499 g/mol. The van der Waals surface area contributed by atoms with E-state index in [1.54, 1.807) is 30.0 Å². The molecule has 0 radical (unpaired) electrons. The molecule has 3 aromatic heterocycles. The minimum absolute atomic E-state index is 0.0299. The van der Waals surface area contributed by atoms with Gasteiger partial charge in [-0.1, -0.05) is 0 Å². The maximum atomic E-state index is 14.9. The van der Waals surface area contributed by atoms with Crippen LogP contribution >= 0.6 is 0 Å². The Kier molecular flexibility index (Phi) is 6.01. The minimum atomic E-state index is -2.72. The Morgan fingerprint density at radius 3 is 2.53 bits per heavy atom. The van der Waals surface area contributed by atoms with Gasteiger partial charge in [0.2, 0.25) is 5.95 Å². The summed E-state index contributed by atoms with van der Waals surface area (Å²) in [5.41, 5.74) is 1.52. The highest BCUT2D eigenvalue weighted by Gasteiger charge is 2.35. The van der Waals surface area contributed by atoms with Crippen LogP contribution in [-0.4, -0.2) is 43.5 Å². The fourth-order valence-corrected chi connectivity index (χ4v) is 4.64. The molecule has 0 saturated carbocycles. The predicted octanol–water partition coefficient (Wildman–Crippen LogP) is 6.03. The summed E-state index contributed by atoms with van der Waals surface area (Å²) in [4.78, 5) is 18.4. The zero-order valence-electron chi connectivity index (χ0n) is 20.1. The van der Waals surface area contributed by atoms with Crippen molar-refractivity contribution in [2.45, 2.75) is 45.6 Å². The van der Waals surface area contributed by atoms with Crippen LogP contribution in [-0.2, 0) is 0 Å². The first kappa shape index (κ1) is 24.0. The van der Waals surface area contributed by atoms with E-state index in [4.69, 9.17) is 0 Å². The number of anilines is 3. The number of nitrogens with zero attached hydrogens (tertiary/aromatic N) is 6. The molecule has 188 valence electrons. The van der Waals surface area contributed by atoms with E-state index in [0.717, 1.165) is 6.20 Å². The number of piperidine rings is 1. The number of aryl methyl sites for hydroxylation is 1. The van der Waals surface area contributed by atoms with Gasteiger partial charge in [-0.15, -0.1) is 0 Å². The molecule has 1 aliphatic heterocycles. The van der Waals surface area contributed by atoms with Crippen molar-refractivity contribution in [2.24, 2.45) is 0 Å². The maximum absolute atomic E-state index is 14.9. The zero-order chi connectivity index (χ0) is 25.6. The first-order chi connectivity index (χ1) is 17.1. The van der Waals surface area contributed by atoms with Crippen LogP contribution in [0.3, 0.4) is 0 Å². The third kappa shape index (κ3) is 4.57. The van der Waals surface area contributed by atoms with Crippen LogP contribution < -0.4 is 10.2 Å². The van der Waals surface area contributed by atoms with Crippen molar-refractivity contribution in [3.63, 3.8) is 0 Å². The fraction of sp³-hybridized carbons (Fsp3) is 0.360. The molecule has 1 aromatic carbocycles. The summed E-state index contributed by atoms with van der Waals surface area (Å²) in [6.07, 6.45) is 2.79. The molecule has 5 rings (SSSR count). The second kappa shape index (κ2) is 9.03. The number of nitrogens with one attached hydrogen (secondary N) is 1. The van der Waals surface area contributed by atoms with Gasteiger partial charge in [-0.3, -0.25) is 0 Å². The van der Waals surface area contributed by atoms with Crippen molar-refractivity contribution in [3.8, 4) is 11.3 Å². The van der Waals surface area contributed by atoms with Crippen LogP contribution in [0.4, 0.5) is 35.0 Å². The number of halogens is 4. The van der Waals surface area contributed by atoms with Gasteiger partial charge in [-0.2, -0.15) is 0 Å². The second-order valence-electron chi connectivity index (χ2n) is 9.25. The van der Waals surface area contributed by atoms with Crippen molar-refractivity contribution >= 4 is 28.5 Å². The molecule has 1 fully saturated rings. The molecule has 0 amide bonds. The van der Waals surface area contributed by atoms with Crippen LogP contribution in [0.5, 0.6) is 0 Å². The lowest BCUT2D eigenvalue weighted by atomic mass is 10.1. The van der Waals surface area contributed by atoms with Crippen LogP contribution in [0, 0.1) is 18.6 Å². The molecule has 7 nitrogen and oxygen atoms in total. The zero-order valence-corrected chi connectivity index (χ0v) is 20.1. The number of hydrogen-bond donors (Lipinski definition) is 1. The van der Waals surface area contributed by atoms with Gasteiger partial charge in [0.25, 0.3) is 5.92 Å². The molecule has 1 aliphatic rings. The molecular formula is C25H25F4N7. The molecule has 0 bridgehead atoms. The van der Waals surface area contributed by atoms with E-state index in [9.17, 15) is 17.6 Å². The lowest BCUT2D eigenvalue weighted by Gasteiger charge is -2.33. The smallest absolute Gasteiger partial charge is 0.265 e. The number of hydrogen-bond acceptors (Lipinski definition) is 6. The Bertz CT molecular complexity index is 1420. The third-order valence-electron chi connectivity index (χ3n) is 6.20. The quantitative estimate of drug-likeness (QED) is 0.338. The Morgan fingerprint density at radius 2 is 1.83 bits per heavy atom. The summed E-state index contributed by atoms with van der Waals surface area (Å²) in [5.74, 6) is -2.93. The van der Waals surface area contributed by atoms with Gasteiger partial charge in [0.15, 0.2) is 11.6 Å². The molecular weight excluding hydrogens is 474 g/mol. The number of rotatable bonds is 5. The number of benzene rings is 1. The minimum Gasteiger partial charge on any atom is -0.364 e. The van der Waals surface area contributed by atoms with E-state index in [1.807, 2.05) is 18.4 Å². The summed E-state index contributed by atoms with van der Waals surface area (Å²) in [6, 6.07) is 6.19. The van der Waals surface area contributed by atoms with Crippen molar-refractivity contribution in [3.05, 3.63) is 54.1 Å². The Labute approximate surface area is 205 Å². The molecule has 0 unspecified atom stereocenters. The number of pyridine rings is 1. The van der Waals surface area contributed by atoms with Gasteiger partial charge in [0, 0.05) is 24.6 Å². The molecule has 4 aromatic rings. The van der Waals surface area contributed by atoms with Crippen LogP contribution in [0.25, 0.3) is 22.3 Å². The van der Waals surface area contributed by atoms with E-state index < -0.39 is 17.6 Å². The first-order valence-corrected chi connectivity index (χ1v) is 11.7. The summed E-state index contributed by atoms with van der Waals surface area (Å²) in [6.45, 7) is 5.90. The van der Waals surface area contributed by atoms with Gasteiger partial charge in [-0.25, -0.2) is 37.5 Å². The molecule has 36 heavy (non-hydrogen) atoms. The molecule has 1 N–H and O–H groups in total. The van der Waals surface area contributed by atoms with Crippen molar-refractivity contribution < 1.29 is 17.6 Å². The number of aromatic nitrogens is 5. The van der Waals surface area contributed by atoms with Gasteiger partial charge in [0.1, 0.15) is 22.9 Å². The van der Waals surface area contributed by atoms with Gasteiger partial charge in [0.05, 0.1) is 30.1 Å². The topological polar surface area (TPSA) is 71.8 Å². The van der Waals surface area contributed by atoms with E-state index in [-0.39, 0.29) is 41.7 Å². The summed E-state index contributed by atoms with van der Waals surface area (Å²) in [7, 11) is 0. The Morgan fingerprint density at radius 1 is 1.03 bits per heavy atom. The number of imidazole rings is 1. The van der Waals surface area contributed by atoms with E-state index in [0.29, 0.717) is 35.8 Å². The summed E-state index contributed by atoms with van der Waals surface area (Å²) < 4.78 is 59.0. The standard InChI is InChI=1S/C25H25F4N7/c1-14(2)36-15(3)32-23-18(26)9-16(10-20(23)36)22-19(27)12-31-24(34-22)33-21-6-5-17(11-30-21)35-8-4-7-25(28,29)13-35/h5-6,9-12,14H,4,7-8,13H2,1-3H3,(H,30,31,33,34). The van der Waals surface area contributed by atoms with E-state index in [2.05, 4.69) is 25.3 Å². The highest BCUT2D eigenvalue weighted by atomic mass is 19.3. The molecule has 4 heterocycles. The first-order valence-electron chi connectivity index (χ1n) is 11.7. The molecule has 0 aliphatic carbocycles. The van der Waals surface area contributed by atoms with Crippen LogP contribution in [0.1, 0.15) is 38.6 Å². The molecule has 1 saturated heterocycles. The highest BCUT2D eigenvalue weighted by Crippen LogP contribution is 2.32. The van der Waals surface area contributed by atoms with E-state index >= 15 is 0 Å². The van der Waals surface area contributed by atoms with Crippen LogP contribution in [0.2, 0.25) is 0 Å². The third-order valence-corrected chi connectivity index (χ3v) is 6.20. The van der Waals surface area contributed by atoms with Crippen molar-refractivity contribution in [1.29, 1.82) is 0 Å². The summed E-state index contributed by atoms with van der Waals surface area (Å²) >= 11 is 0. The van der Waals surface area contributed by atoms with Crippen molar-refractivity contribution in [2.75, 3.05) is 23.3 Å². The normalized spacial score (nSPS) is 15.6. The van der Waals surface area contributed by atoms with Gasteiger partial charge >= 0.3 is 0 Å². The average Bonchev–Trinajstić information content (AvgIpc) is 3.17. The lowest BCUT2D eigenvalue weighted by molar-refractivity contribution is -0.0116. The second-order valence-corrected chi connectivity index (χ2v) is 9.25. The highest BCUT2D eigenvalue weighted by molar-refractivity contribution is 5.83. The Balaban J connectivity index is 1.42. The fourth-order valence-electron chi connectivity index (χ4n) is 4.64. The maximum Gasteiger partial charge on any atom is 0.265 e. The van der Waals surface area contributed by atoms with E-state index in [1.165, 1.54) is 12.3 Å². The Hall–Kier alpha value is -3.76. The summed E-state index contributed by atoms with van der Waals surface area (Å²) in [5, 5.41) is 2.90. The van der Waals surface area contributed by atoms with Gasteiger partial charge in [-0.05, 0) is 51.5 Å². The predicted molar refractivity (Wildman–Crippen MR) is 130 cm³/mol. The average molecular weight is 500 g/mol. The molecule has 0 atom stereocenters. The molecule has 0 spiro atoms. The lowest BCUT2D eigenvalue weighted by Crippen LogP contribution is -2.42. The number of alkyl halides is 2. The van der Waals surface area contributed by atoms with Gasteiger partial charge < -0.3 is 14.8 Å².